The number of carbonyl (C=O) groups is 1. The molecule has 0 radical (unpaired) electrons. The fraction of sp³-hybridized carbons (Fsp3) is 0.316. The van der Waals surface area contributed by atoms with Crippen molar-refractivity contribution < 1.29 is 37.8 Å². The van der Waals surface area contributed by atoms with Crippen LogP contribution in [0.25, 0.3) is 0 Å². The van der Waals surface area contributed by atoms with E-state index in [0.717, 1.165) is 0 Å². The van der Waals surface area contributed by atoms with E-state index in [9.17, 15) is 23.1 Å². The number of amides is 1. The Morgan fingerprint density at radius 3 is 2.33 bits per heavy atom. The van der Waals surface area contributed by atoms with Gasteiger partial charge in [0.1, 0.15) is 23.4 Å². The molecule has 3 N–H and O–H groups in total. The molecule has 1 saturated heterocycles. The van der Waals surface area contributed by atoms with Gasteiger partial charge in [-0.05, 0) is 61.2 Å². The van der Waals surface area contributed by atoms with Gasteiger partial charge < -0.3 is 14.6 Å². The summed E-state index contributed by atoms with van der Waals surface area (Å²) in [5.74, 6) is -0.894. The van der Waals surface area contributed by atoms with Crippen LogP contribution in [-0.4, -0.2) is 46.1 Å². The first kappa shape index (κ1) is 22.1. The van der Waals surface area contributed by atoms with Crippen LogP contribution >= 0.6 is 11.9 Å². The van der Waals surface area contributed by atoms with Crippen LogP contribution in [0.5, 0.6) is 17.2 Å². The molecule has 0 aliphatic carbocycles. The number of alkyl halides is 3. The summed E-state index contributed by atoms with van der Waals surface area (Å²) in [4.78, 5) is 12.3. The highest BCUT2D eigenvalue weighted by molar-refractivity contribution is 7.97. The third-order valence-electron chi connectivity index (χ3n) is 4.32. The highest BCUT2D eigenvalue weighted by Gasteiger charge is 2.31. The first-order chi connectivity index (χ1) is 14.2. The molecule has 1 aliphatic heterocycles. The van der Waals surface area contributed by atoms with Gasteiger partial charge in [0, 0.05) is 18.0 Å². The van der Waals surface area contributed by atoms with Crippen molar-refractivity contribution in [3.05, 3.63) is 48.0 Å². The number of ether oxygens (including phenoxy) is 2. The first-order valence-electron chi connectivity index (χ1n) is 8.97. The average molecular weight is 444 g/mol. The number of benzene rings is 2. The number of piperidine rings is 1. The quantitative estimate of drug-likeness (QED) is 0.353. The predicted octanol–water partition coefficient (Wildman–Crippen LogP) is 3.96. The molecule has 0 bridgehead atoms. The molecule has 1 amide bonds. The van der Waals surface area contributed by atoms with Gasteiger partial charge >= 0.3 is 6.36 Å². The Labute approximate surface area is 174 Å². The minimum Gasteiger partial charge on any atom is -0.507 e. The zero-order chi connectivity index (χ0) is 21.7. The number of nitrogens with zero attached hydrogens (tertiary/aromatic N) is 1. The molecule has 0 aromatic heterocycles. The Hall–Kier alpha value is -2.63. The lowest BCUT2D eigenvalue weighted by Gasteiger charge is -2.31. The Kier molecular flexibility index (Phi) is 6.95. The van der Waals surface area contributed by atoms with E-state index in [4.69, 9.17) is 9.94 Å². The number of aromatic hydroxyl groups is 1. The van der Waals surface area contributed by atoms with E-state index < -0.39 is 12.3 Å². The van der Waals surface area contributed by atoms with Gasteiger partial charge in [-0.2, -0.15) is 0 Å². The molecule has 0 unspecified atom stereocenters. The number of halogens is 3. The number of rotatable bonds is 6. The fourth-order valence-corrected chi connectivity index (χ4v) is 4.07. The summed E-state index contributed by atoms with van der Waals surface area (Å²) in [6, 6.07) is 9.88. The summed E-state index contributed by atoms with van der Waals surface area (Å²) in [6.07, 6.45) is -3.52. The molecule has 1 aliphatic rings. The highest BCUT2D eigenvalue weighted by Crippen LogP contribution is 2.34. The van der Waals surface area contributed by atoms with Crippen molar-refractivity contribution in [2.24, 2.45) is 0 Å². The molecule has 30 heavy (non-hydrogen) atoms. The Bertz CT molecular complexity index is 871. The SMILES string of the molecule is O=C(NO)c1c(O)cccc1SN1CCC(Oc2ccc(OC(F)(F)F)cc2)CC1. The molecule has 1 fully saturated rings. The van der Waals surface area contributed by atoms with Crippen molar-refractivity contribution in [2.45, 2.75) is 30.2 Å². The molecular formula is C19H19F3N2O5S. The largest absolute Gasteiger partial charge is 0.573 e. The fourth-order valence-electron chi connectivity index (χ4n) is 2.97. The summed E-state index contributed by atoms with van der Waals surface area (Å²) in [7, 11) is 0. The second-order valence-corrected chi connectivity index (χ2v) is 7.59. The van der Waals surface area contributed by atoms with Crippen molar-refractivity contribution in [2.75, 3.05) is 13.1 Å². The molecule has 0 atom stereocenters. The summed E-state index contributed by atoms with van der Waals surface area (Å²) >= 11 is 1.29. The van der Waals surface area contributed by atoms with Gasteiger partial charge in [-0.15, -0.1) is 13.2 Å². The maximum absolute atomic E-state index is 12.2. The number of hydroxylamine groups is 1. The molecule has 2 aromatic rings. The van der Waals surface area contributed by atoms with E-state index in [2.05, 4.69) is 4.74 Å². The third kappa shape index (κ3) is 5.94. The molecule has 3 rings (SSSR count). The minimum absolute atomic E-state index is 0.00969. The van der Waals surface area contributed by atoms with Crippen LogP contribution in [0.4, 0.5) is 13.2 Å². The van der Waals surface area contributed by atoms with Crippen molar-refractivity contribution in [3.63, 3.8) is 0 Å². The van der Waals surface area contributed by atoms with Crippen molar-refractivity contribution in [1.82, 2.24) is 9.79 Å². The highest BCUT2D eigenvalue weighted by atomic mass is 32.2. The van der Waals surface area contributed by atoms with Crippen molar-refractivity contribution in [3.8, 4) is 17.2 Å². The molecule has 0 spiro atoms. The van der Waals surface area contributed by atoms with Crippen LogP contribution in [0.1, 0.15) is 23.2 Å². The smallest absolute Gasteiger partial charge is 0.507 e. The number of hydrogen-bond acceptors (Lipinski definition) is 7. The number of phenols is 1. The van der Waals surface area contributed by atoms with Gasteiger partial charge in [0.05, 0.1) is 5.56 Å². The topological polar surface area (TPSA) is 91.3 Å². The zero-order valence-corrected chi connectivity index (χ0v) is 16.4. The molecule has 0 saturated carbocycles. The van der Waals surface area contributed by atoms with Crippen molar-refractivity contribution >= 4 is 17.9 Å². The normalized spacial score (nSPS) is 15.6. The lowest BCUT2D eigenvalue weighted by atomic mass is 10.1. The molecule has 11 heteroatoms. The summed E-state index contributed by atoms with van der Waals surface area (Å²) in [5, 5.41) is 18.8. The maximum Gasteiger partial charge on any atom is 0.573 e. The zero-order valence-electron chi connectivity index (χ0n) is 15.6. The Morgan fingerprint density at radius 1 is 1.10 bits per heavy atom. The second-order valence-electron chi connectivity index (χ2n) is 6.45. The summed E-state index contributed by atoms with van der Waals surface area (Å²) in [5.41, 5.74) is 1.52. The second kappa shape index (κ2) is 9.45. The number of nitrogens with one attached hydrogen (secondary N) is 1. The Morgan fingerprint density at radius 2 is 1.73 bits per heavy atom. The third-order valence-corrected chi connectivity index (χ3v) is 5.48. The standard InChI is InChI=1S/C19H19F3N2O5S/c20-19(21,22)29-14-6-4-12(5-7-14)28-13-8-10-24(11-9-13)30-16-3-1-2-15(25)17(16)18(26)23-27/h1-7,13,25,27H,8-11H2,(H,23,26). The molecule has 7 nitrogen and oxygen atoms in total. The van der Waals surface area contributed by atoms with Gasteiger partial charge in [0.15, 0.2) is 0 Å². The molecule has 162 valence electrons. The van der Waals surface area contributed by atoms with Crippen LogP contribution in [0.2, 0.25) is 0 Å². The van der Waals surface area contributed by atoms with Crippen LogP contribution < -0.4 is 15.0 Å². The van der Waals surface area contributed by atoms with E-state index in [1.165, 1.54) is 47.8 Å². The van der Waals surface area contributed by atoms with E-state index in [0.29, 0.717) is 36.6 Å². The van der Waals surface area contributed by atoms with Gasteiger partial charge in [-0.3, -0.25) is 10.0 Å². The average Bonchev–Trinajstić information content (AvgIpc) is 2.69. The molecule has 1 heterocycles. The Balaban J connectivity index is 1.53. The van der Waals surface area contributed by atoms with E-state index >= 15 is 0 Å². The molecular weight excluding hydrogens is 425 g/mol. The number of hydrogen-bond donors (Lipinski definition) is 3. The van der Waals surface area contributed by atoms with E-state index in [1.54, 1.807) is 12.1 Å². The van der Waals surface area contributed by atoms with Gasteiger partial charge in [-0.1, -0.05) is 6.07 Å². The van der Waals surface area contributed by atoms with E-state index in [-0.39, 0.29) is 23.2 Å². The monoisotopic (exact) mass is 444 g/mol. The number of phenolic OH excluding ortho intramolecular Hbond substituents is 1. The lowest BCUT2D eigenvalue weighted by Crippen LogP contribution is -2.34. The van der Waals surface area contributed by atoms with E-state index in [1.807, 2.05) is 4.31 Å². The van der Waals surface area contributed by atoms with Gasteiger partial charge in [0.25, 0.3) is 5.91 Å². The maximum atomic E-state index is 12.2. The van der Waals surface area contributed by atoms with Crippen LogP contribution in [0, 0.1) is 0 Å². The first-order valence-corrected chi connectivity index (χ1v) is 9.74. The predicted molar refractivity (Wildman–Crippen MR) is 102 cm³/mol. The van der Waals surface area contributed by atoms with Gasteiger partial charge in [0.2, 0.25) is 0 Å². The van der Waals surface area contributed by atoms with Crippen LogP contribution in [0.15, 0.2) is 47.4 Å². The molecule has 2 aromatic carbocycles. The van der Waals surface area contributed by atoms with Crippen LogP contribution in [-0.2, 0) is 0 Å². The summed E-state index contributed by atoms with van der Waals surface area (Å²) < 4.78 is 48.3. The number of carbonyl (C=O) groups excluding carboxylic acids is 1. The summed E-state index contributed by atoms with van der Waals surface area (Å²) in [6.45, 7) is 1.25. The van der Waals surface area contributed by atoms with Crippen molar-refractivity contribution in [1.29, 1.82) is 0 Å². The lowest BCUT2D eigenvalue weighted by molar-refractivity contribution is -0.274. The van der Waals surface area contributed by atoms with Gasteiger partial charge in [-0.25, -0.2) is 9.79 Å². The van der Waals surface area contributed by atoms with Crippen LogP contribution in [0.3, 0.4) is 0 Å². The minimum atomic E-state index is -4.74.